The minimum Gasteiger partial charge on any atom is -0.358 e. The van der Waals surface area contributed by atoms with Crippen molar-refractivity contribution >= 4 is 11.8 Å². The molecule has 0 atom stereocenters. The van der Waals surface area contributed by atoms with E-state index in [2.05, 4.69) is 9.97 Å². The number of rotatable bonds is 6. The first-order valence-electron chi connectivity index (χ1n) is 7.59. The number of aromatic nitrogens is 3. The van der Waals surface area contributed by atoms with Gasteiger partial charge in [0.05, 0.1) is 11.3 Å². The van der Waals surface area contributed by atoms with E-state index in [1.807, 2.05) is 13.2 Å². The molecule has 0 radical (unpaired) electrons. The van der Waals surface area contributed by atoms with E-state index < -0.39 is 5.63 Å². The van der Waals surface area contributed by atoms with Gasteiger partial charge in [-0.25, -0.2) is 19.2 Å². The van der Waals surface area contributed by atoms with Crippen molar-refractivity contribution in [3.8, 4) is 22.5 Å². The zero-order valence-electron chi connectivity index (χ0n) is 13.7. The van der Waals surface area contributed by atoms with Gasteiger partial charge >= 0.3 is 5.63 Å². The number of ether oxygens (including phenoxy) is 1. The van der Waals surface area contributed by atoms with Crippen molar-refractivity contribution in [2.75, 3.05) is 12.9 Å². The number of halogens is 1. The van der Waals surface area contributed by atoms with Crippen LogP contribution in [0.15, 0.2) is 51.0 Å². The van der Waals surface area contributed by atoms with Crippen LogP contribution in [-0.2, 0) is 11.5 Å². The molecule has 0 aliphatic rings. The molecule has 3 rings (SSSR count). The first kappa shape index (κ1) is 17.4. The summed E-state index contributed by atoms with van der Waals surface area (Å²) in [6, 6.07) is 7.36. The molecule has 0 amide bonds. The zero-order valence-corrected chi connectivity index (χ0v) is 14.5. The van der Waals surface area contributed by atoms with Crippen LogP contribution < -0.4 is 5.63 Å². The van der Waals surface area contributed by atoms with Crippen molar-refractivity contribution < 1.29 is 13.7 Å². The maximum absolute atomic E-state index is 13.2. The van der Waals surface area contributed by atoms with Crippen LogP contribution in [0.1, 0.15) is 6.92 Å². The average molecular weight is 361 g/mol. The van der Waals surface area contributed by atoms with Gasteiger partial charge in [-0.2, -0.15) is 4.74 Å². The predicted octanol–water partition coefficient (Wildman–Crippen LogP) is 3.42. The highest BCUT2D eigenvalue weighted by molar-refractivity contribution is 7.98. The van der Waals surface area contributed by atoms with E-state index in [1.54, 1.807) is 12.3 Å². The van der Waals surface area contributed by atoms with E-state index in [-0.39, 0.29) is 12.5 Å². The highest BCUT2D eigenvalue weighted by atomic mass is 32.2. The summed E-state index contributed by atoms with van der Waals surface area (Å²) in [5.74, 6) is -0.379. The number of hydrogen-bond donors (Lipinski definition) is 0. The van der Waals surface area contributed by atoms with E-state index >= 15 is 0 Å². The highest BCUT2D eigenvalue weighted by Gasteiger charge is 2.22. The van der Waals surface area contributed by atoms with Gasteiger partial charge in [-0.3, -0.25) is 0 Å². The molecule has 1 aromatic carbocycles. The molecule has 0 fully saturated rings. The third kappa shape index (κ3) is 3.64. The third-order valence-electron chi connectivity index (χ3n) is 3.49. The fraction of sp³-hybridized carbons (Fsp3) is 0.235. The molecule has 3 aromatic rings. The van der Waals surface area contributed by atoms with E-state index in [0.29, 0.717) is 34.3 Å². The van der Waals surface area contributed by atoms with Crippen LogP contribution in [0.2, 0.25) is 0 Å². The molecule has 0 aliphatic heterocycles. The summed E-state index contributed by atoms with van der Waals surface area (Å²) < 4.78 is 25.3. The van der Waals surface area contributed by atoms with E-state index in [9.17, 15) is 9.18 Å². The van der Waals surface area contributed by atoms with Crippen LogP contribution in [0.5, 0.6) is 0 Å². The molecule has 0 spiro atoms. The SMILES string of the molecule is CCOCn1oc(=O)c(-c2ccc(F)cc2)c1-c1ccnc(SC)n1. The summed E-state index contributed by atoms with van der Waals surface area (Å²) >= 11 is 1.39. The lowest BCUT2D eigenvalue weighted by atomic mass is 10.0. The van der Waals surface area contributed by atoms with Gasteiger partial charge in [0.2, 0.25) is 0 Å². The van der Waals surface area contributed by atoms with Crippen LogP contribution >= 0.6 is 11.8 Å². The van der Waals surface area contributed by atoms with Gasteiger partial charge in [0.25, 0.3) is 0 Å². The Morgan fingerprint density at radius 3 is 2.72 bits per heavy atom. The Kier molecular flexibility index (Phi) is 5.30. The Morgan fingerprint density at radius 1 is 1.28 bits per heavy atom. The molecule has 2 heterocycles. The largest absolute Gasteiger partial charge is 0.366 e. The van der Waals surface area contributed by atoms with Gasteiger partial charge in [-0.05, 0) is 36.9 Å². The van der Waals surface area contributed by atoms with E-state index in [0.717, 1.165) is 0 Å². The second-order valence-corrected chi connectivity index (χ2v) is 5.81. The maximum atomic E-state index is 13.2. The molecule has 6 nitrogen and oxygen atoms in total. The third-order valence-corrected chi connectivity index (χ3v) is 4.05. The van der Waals surface area contributed by atoms with Crippen molar-refractivity contribution in [2.24, 2.45) is 0 Å². The first-order chi connectivity index (χ1) is 12.1. The van der Waals surface area contributed by atoms with Gasteiger partial charge in [-0.15, -0.1) is 0 Å². The lowest BCUT2D eigenvalue weighted by Gasteiger charge is -2.08. The second kappa shape index (κ2) is 7.62. The fourth-order valence-corrected chi connectivity index (χ4v) is 2.73. The monoisotopic (exact) mass is 361 g/mol. The maximum Gasteiger partial charge on any atom is 0.366 e. The molecule has 0 bridgehead atoms. The van der Waals surface area contributed by atoms with Gasteiger partial charge in [-0.1, -0.05) is 23.9 Å². The lowest BCUT2D eigenvalue weighted by molar-refractivity contribution is 0.0314. The lowest BCUT2D eigenvalue weighted by Crippen LogP contribution is -2.04. The Balaban J connectivity index is 2.21. The number of nitrogens with zero attached hydrogens (tertiary/aromatic N) is 3. The van der Waals surface area contributed by atoms with Gasteiger partial charge < -0.3 is 9.26 Å². The van der Waals surface area contributed by atoms with Gasteiger partial charge in [0, 0.05) is 12.8 Å². The number of thioether (sulfide) groups is 1. The summed E-state index contributed by atoms with van der Waals surface area (Å²) in [6.45, 7) is 2.38. The van der Waals surface area contributed by atoms with Gasteiger partial charge in [0.1, 0.15) is 11.5 Å². The standard InChI is InChI=1S/C17H16FN3O3S/c1-3-23-10-21-15(13-8-9-19-17(20-13)25-2)14(16(22)24-21)11-4-6-12(18)7-5-11/h4-9H,3,10H2,1-2H3. The molecule has 8 heteroatoms. The van der Waals surface area contributed by atoms with Crippen molar-refractivity contribution in [2.45, 2.75) is 18.8 Å². The minimum atomic E-state index is -0.536. The summed E-state index contributed by atoms with van der Waals surface area (Å²) in [6.07, 6.45) is 3.48. The van der Waals surface area contributed by atoms with Crippen molar-refractivity contribution in [1.82, 2.24) is 14.7 Å². The summed E-state index contributed by atoms with van der Waals surface area (Å²) in [4.78, 5) is 21.1. The molecular weight excluding hydrogens is 345 g/mol. The average Bonchev–Trinajstić information content (AvgIpc) is 2.97. The Bertz CT molecular complexity index is 922. The first-order valence-corrected chi connectivity index (χ1v) is 8.81. The minimum absolute atomic E-state index is 0.0703. The quantitative estimate of drug-likeness (QED) is 0.495. The number of hydrogen-bond acceptors (Lipinski definition) is 6. The normalized spacial score (nSPS) is 11.0. The summed E-state index contributed by atoms with van der Waals surface area (Å²) in [5, 5.41) is 0.569. The molecule has 0 saturated carbocycles. The Labute approximate surface area is 147 Å². The molecule has 0 aliphatic carbocycles. The van der Waals surface area contributed by atoms with Crippen LogP contribution in [0, 0.1) is 5.82 Å². The van der Waals surface area contributed by atoms with Crippen LogP contribution in [0.4, 0.5) is 4.39 Å². The summed E-state index contributed by atoms with van der Waals surface area (Å²) in [7, 11) is 0. The number of benzene rings is 1. The van der Waals surface area contributed by atoms with Crippen LogP contribution in [0.25, 0.3) is 22.5 Å². The van der Waals surface area contributed by atoms with Gasteiger partial charge in [0.15, 0.2) is 11.9 Å². The molecule has 25 heavy (non-hydrogen) atoms. The summed E-state index contributed by atoms with van der Waals surface area (Å²) in [5.41, 5.74) is 1.33. The van der Waals surface area contributed by atoms with Crippen molar-refractivity contribution in [3.05, 3.63) is 52.8 Å². The van der Waals surface area contributed by atoms with Crippen LogP contribution in [-0.4, -0.2) is 27.6 Å². The van der Waals surface area contributed by atoms with Crippen molar-refractivity contribution in [3.63, 3.8) is 0 Å². The topological polar surface area (TPSA) is 70.2 Å². The van der Waals surface area contributed by atoms with E-state index in [4.69, 9.17) is 9.26 Å². The fourth-order valence-electron chi connectivity index (χ4n) is 2.38. The molecule has 0 saturated heterocycles. The molecular formula is C17H16FN3O3S. The predicted molar refractivity (Wildman–Crippen MR) is 92.8 cm³/mol. The van der Waals surface area contributed by atoms with E-state index in [1.165, 1.54) is 40.8 Å². The van der Waals surface area contributed by atoms with Crippen LogP contribution in [0.3, 0.4) is 0 Å². The Morgan fingerprint density at radius 2 is 2.04 bits per heavy atom. The van der Waals surface area contributed by atoms with Crippen molar-refractivity contribution in [1.29, 1.82) is 0 Å². The molecule has 130 valence electrons. The highest BCUT2D eigenvalue weighted by Crippen LogP contribution is 2.30. The smallest absolute Gasteiger partial charge is 0.358 e. The second-order valence-electron chi connectivity index (χ2n) is 5.04. The Hall–Kier alpha value is -2.45. The zero-order chi connectivity index (χ0) is 17.8. The molecule has 2 aromatic heterocycles. The molecule has 0 unspecified atom stereocenters. The molecule has 0 N–H and O–H groups in total.